The Morgan fingerprint density at radius 2 is 0.828 bits per heavy atom. The first-order valence-electron chi connectivity index (χ1n) is 40.8. The summed E-state index contributed by atoms with van der Waals surface area (Å²) in [5, 5.41) is 21.6. The lowest BCUT2D eigenvalue weighted by Gasteiger charge is -2.17. The van der Waals surface area contributed by atoms with Crippen molar-refractivity contribution in [2.24, 2.45) is 0 Å². The molecule has 23 nitrogen and oxygen atoms in total. The molecule has 3 aliphatic rings. The van der Waals surface area contributed by atoms with Crippen molar-refractivity contribution >= 4 is 90.5 Å². The predicted octanol–water partition coefficient (Wildman–Crippen LogP) is 16.9. The summed E-state index contributed by atoms with van der Waals surface area (Å²) < 4.78 is 136. The standard InChI is InChI=1S/C30H44FN5O3SSi.C24H30FN5O2S.C15H31BrN4O3SSi.C15H14FN/c1-6-35(7-2)17-12-19-40(37,38)30-33-29(34-36(30)22-39-18-20-41(3,4)5)32-28-25-16-11-15-24(25)27(31)21-26(28)23-13-9-8-10-14-23;1-3-30(4-2)14-9-15-33(31,32)24-27-23(28-29-24)26-22-19-13-8-12-18(19)21(25)16-20(22)17-10-6-5-7-11-17;1-6-19(7-2)9-8-11-24(21,22)15-17-14(16)18-20(15)13-23-10-12-25(3,4)5;16-14-9-13(10-5-2-1-3-6-10)15(17)12-8-4-7-11(12)14/h8-10,13-14,21H,6-7,11-12,15-20,22H2,1-5H3,(H,32,34);5-7,10-11,16H,3-4,8-9,12-15H2,1-2H3,(H2,26,27,28,29);6-13H2,1-5H3;1-3,5-6,9H,4,7-8,17H2. The SMILES string of the molecule is CCN(CC)CCCS(=O)(=O)c1nc(Br)nn1COCC[Si](C)(C)C.CCN(CC)CCCS(=O)(=O)c1nc(Nc2c(-c3ccccc3)cc(F)c3c2CCC3)n[nH]1.CCN(CC)CCCS(=O)(=O)c1nc(Nc2c(-c3ccccc3)cc(F)c3c2CCC3)nn1COCC[Si](C)(C)C.Nc1c(-c2ccccc2)cc(F)c2c1CCC2. The van der Waals surface area contributed by atoms with Crippen molar-refractivity contribution in [1.29, 1.82) is 0 Å². The zero-order valence-electron chi connectivity index (χ0n) is 69.6. The molecule has 116 heavy (non-hydrogen) atoms. The number of aromatic amines is 1. The number of benzene rings is 6. The summed E-state index contributed by atoms with van der Waals surface area (Å²) in [4.78, 5) is 19.4. The van der Waals surface area contributed by atoms with Gasteiger partial charge >= 0.3 is 0 Å². The molecule has 3 aliphatic carbocycles. The molecular formula is C84H119BrF3N15O8S3Si2. The summed E-state index contributed by atoms with van der Waals surface area (Å²) in [6.07, 6.45) is 8.89. The first kappa shape index (κ1) is 92.4. The van der Waals surface area contributed by atoms with Gasteiger partial charge in [-0.25, -0.2) is 52.9 Å². The van der Waals surface area contributed by atoms with Crippen molar-refractivity contribution < 1.29 is 47.9 Å². The first-order chi connectivity index (χ1) is 55.3. The minimum atomic E-state index is -3.73. The highest BCUT2D eigenvalue weighted by atomic mass is 79.9. The van der Waals surface area contributed by atoms with E-state index in [1.807, 2.05) is 91.0 Å². The van der Waals surface area contributed by atoms with Gasteiger partial charge in [0, 0.05) is 51.7 Å². The molecule has 0 amide bonds. The molecule has 0 spiro atoms. The van der Waals surface area contributed by atoms with Gasteiger partial charge in [0.1, 0.15) is 30.9 Å². The number of anilines is 5. The molecule has 3 aromatic heterocycles. The van der Waals surface area contributed by atoms with Crippen LogP contribution in [0.4, 0.5) is 42.1 Å². The second-order valence-corrected chi connectivity index (χ2v) is 49.8. The van der Waals surface area contributed by atoms with Gasteiger partial charge in [0.15, 0.2) is 0 Å². The van der Waals surface area contributed by atoms with Crippen molar-refractivity contribution in [2.75, 3.05) is 106 Å². The topological polar surface area (TPSA) is 284 Å². The third-order valence-electron chi connectivity index (χ3n) is 21.1. The van der Waals surface area contributed by atoms with Gasteiger partial charge in [0.2, 0.25) is 61.6 Å². The monoisotopic (exact) mass is 1750 g/mol. The molecule has 632 valence electrons. The van der Waals surface area contributed by atoms with Crippen LogP contribution in [-0.4, -0.2) is 190 Å². The fourth-order valence-corrected chi connectivity index (χ4v) is 20.2. The number of nitrogen functional groups attached to an aromatic ring is 1. The van der Waals surface area contributed by atoms with Crippen molar-refractivity contribution in [3.8, 4) is 33.4 Å². The quantitative estimate of drug-likeness (QED) is 0.0159. The summed E-state index contributed by atoms with van der Waals surface area (Å²) in [7, 11) is -13.3. The molecule has 0 aliphatic heterocycles. The van der Waals surface area contributed by atoms with Crippen LogP contribution >= 0.6 is 15.9 Å². The van der Waals surface area contributed by atoms with E-state index < -0.39 is 45.7 Å². The molecule has 0 unspecified atom stereocenters. The van der Waals surface area contributed by atoms with Crippen LogP contribution in [0.3, 0.4) is 0 Å². The summed E-state index contributed by atoms with van der Waals surface area (Å²) >= 11 is 3.17. The normalized spacial score (nSPS) is 13.4. The molecule has 0 saturated heterocycles. The zero-order valence-corrected chi connectivity index (χ0v) is 75.6. The van der Waals surface area contributed by atoms with E-state index in [0.29, 0.717) is 80.7 Å². The number of rotatable bonds is 38. The van der Waals surface area contributed by atoms with Crippen LogP contribution < -0.4 is 16.4 Å². The van der Waals surface area contributed by atoms with Crippen molar-refractivity contribution in [3.05, 3.63) is 165 Å². The van der Waals surface area contributed by atoms with Gasteiger partial charge in [0.25, 0.3) is 0 Å². The fourth-order valence-electron chi connectivity index (χ4n) is 14.4. The Morgan fingerprint density at radius 3 is 1.24 bits per heavy atom. The smallest absolute Gasteiger partial charge is 0.249 e. The number of nitrogens with one attached hydrogen (secondary N) is 3. The summed E-state index contributed by atoms with van der Waals surface area (Å²) in [6.45, 7) is 34.8. The van der Waals surface area contributed by atoms with E-state index in [0.717, 1.165) is 164 Å². The lowest BCUT2D eigenvalue weighted by Crippen LogP contribution is -2.26. The summed E-state index contributed by atoms with van der Waals surface area (Å²) in [6, 6.07) is 35.6. The molecule has 32 heteroatoms. The Hall–Kier alpha value is -7.51. The maximum Gasteiger partial charge on any atom is 0.249 e. The van der Waals surface area contributed by atoms with Gasteiger partial charge in [-0.05, 0) is 232 Å². The number of hydrogen-bond donors (Lipinski definition) is 4. The molecule has 0 fully saturated rings. The maximum atomic E-state index is 15.1. The molecule has 0 radical (unpaired) electrons. The lowest BCUT2D eigenvalue weighted by molar-refractivity contribution is 0.0712. The average Bonchev–Trinajstić information content (AvgIpc) is 1.58. The van der Waals surface area contributed by atoms with Crippen molar-refractivity contribution in [3.63, 3.8) is 0 Å². The minimum absolute atomic E-state index is 0.000650. The van der Waals surface area contributed by atoms with E-state index in [1.54, 1.807) is 18.2 Å². The fraction of sp³-hybridized carbons (Fsp3) is 0.500. The second kappa shape index (κ2) is 42.9. The molecule has 5 N–H and O–H groups in total. The zero-order chi connectivity index (χ0) is 84.0. The molecule has 12 rings (SSSR count). The number of aromatic nitrogens is 9. The van der Waals surface area contributed by atoms with Crippen LogP contribution in [0.5, 0.6) is 0 Å². The molecule has 3 heterocycles. The predicted molar refractivity (Wildman–Crippen MR) is 468 cm³/mol. The second-order valence-electron chi connectivity index (χ2n) is 31.8. The van der Waals surface area contributed by atoms with E-state index in [2.05, 4.69) is 157 Å². The highest BCUT2D eigenvalue weighted by molar-refractivity contribution is 9.10. The Labute approximate surface area is 695 Å². The van der Waals surface area contributed by atoms with E-state index in [4.69, 9.17) is 15.2 Å². The maximum absolute atomic E-state index is 15.1. The number of ether oxygens (including phenoxy) is 2. The van der Waals surface area contributed by atoms with Gasteiger partial charge in [-0.3, -0.25) is 0 Å². The Bertz CT molecular complexity index is 5030. The Morgan fingerprint density at radius 1 is 0.474 bits per heavy atom. The van der Waals surface area contributed by atoms with Gasteiger partial charge in [0.05, 0.1) is 28.6 Å². The first-order valence-corrected chi connectivity index (χ1v) is 53.9. The van der Waals surface area contributed by atoms with Gasteiger partial charge in [-0.1, -0.05) is 172 Å². The van der Waals surface area contributed by atoms with Crippen LogP contribution in [0, 0.1) is 17.5 Å². The largest absolute Gasteiger partial charge is 0.398 e. The minimum Gasteiger partial charge on any atom is -0.398 e. The van der Waals surface area contributed by atoms with Gasteiger partial charge < -0.3 is 40.5 Å². The van der Waals surface area contributed by atoms with Crippen LogP contribution in [0.2, 0.25) is 51.4 Å². The summed E-state index contributed by atoms with van der Waals surface area (Å²) in [5.41, 5.74) is 18.4. The number of nitrogens with two attached hydrogens (primary N) is 1. The van der Waals surface area contributed by atoms with Crippen LogP contribution in [0.15, 0.2) is 129 Å². The highest BCUT2D eigenvalue weighted by Gasteiger charge is 2.31. The van der Waals surface area contributed by atoms with Crippen LogP contribution in [-0.2, 0) is 91.0 Å². The van der Waals surface area contributed by atoms with Crippen LogP contribution in [0.25, 0.3) is 33.4 Å². The van der Waals surface area contributed by atoms with Gasteiger partial charge in [-0.15, -0.1) is 15.3 Å². The molecular weight excluding hydrogens is 1640 g/mol. The van der Waals surface area contributed by atoms with Gasteiger partial charge in [-0.2, -0.15) is 15.0 Å². The summed E-state index contributed by atoms with van der Waals surface area (Å²) in [5.74, 6) is -0.175. The number of H-pyrrole nitrogens is 1. The molecule has 0 bridgehead atoms. The van der Waals surface area contributed by atoms with Crippen molar-refractivity contribution in [2.45, 2.75) is 199 Å². The third-order valence-corrected chi connectivity index (χ3v) is 29.9. The number of fused-ring (bicyclic) bond motifs is 3. The number of hydrogen-bond acceptors (Lipinski definition) is 20. The third kappa shape index (κ3) is 25.8. The van der Waals surface area contributed by atoms with E-state index >= 15 is 4.39 Å². The molecule has 0 saturated carbocycles. The Kier molecular flexibility index (Phi) is 34.2. The van der Waals surface area contributed by atoms with E-state index in [-0.39, 0.29) is 80.3 Å². The van der Waals surface area contributed by atoms with Crippen molar-refractivity contribution in [1.82, 2.24) is 59.4 Å². The molecule has 0 atom stereocenters. The lowest BCUT2D eigenvalue weighted by atomic mass is 9.97. The molecule has 9 aromatic rings. The average molecular weight is 1760 g/mol. The van der Waals surface area contributed by atoms with Crippen LogP contribution in [0.1, 0.15) is 113 Å². The van der Waals surface area contributed by atoms with E-state index in [9.17, 15) is 34.0 Å². The molecule has 6 aromatic carbocycles. The number of nitrogens with zero attached hydrogens (tertiary/aromatic N) is 11. The highest BCUT2D eigenvalue weighted by Crippen LogP contribution is 2.43. The number of halogens is 4. The Balaban J connectivity index is 0.000000184. The van der Waals surface area contributed by atoms with E-state index in [1.165, 1.54) is 9.36 Å². The number of sulfone groups is 3.